The zero-order chi connectivity index (χ0) is 15.2. The molecule has 3 N–H and O–H groups in total. The van der Waals surface area contributed by atoms with E-state index in [0.29, 0.717) is 18.0 Å². The Bertz CT molecular complexity index is 505. The van der Waals surface area contributed by atoms with Gasteiger partial charge in [-0.25, -0.2) is 14.6 Å². The number of carboxylic acid groups (broad SMARTS) is 1. The van der Waals surface area contributed by atoms with E-state index in [1.807, 2.05) is 7.05 Å². The molecule has 2 rings (SSSR count). The number of aromatic nitrogens is 1. The summed E-state index contributed by atoms with van der Waals surface area (Å²) in [7, 11) is 2.05. The van der Waals surface area contributed by atoms with Gasteiger partial charge in [0, 0.05) is 30.9 Å². The molecule has 1 aliphatic rings. The normalized spacial score (nSPS) is 19.2. The highest BCUT2D eigenvalue weighted by molar-refractivity contribution is 7.09. The van der Waals surface area contributed by atoms with E-state index in [1.165, 1.54) is 16.7 Å². The fraction of sp³-hybridized carbons (Fsp3) is 0.615. The number of carboxylic acids is 1. The number of piperidine rings is 1. The highest BCUT2D eigenvalue weighted by Gasteiger charge is 2.18. The van der Waals surface area contributed by atoms with Crippen LogP contribution in [0.1, 0.15) is 28.3 Å². The van der Waals surface area contributed by atoms with Gasteiger partial charge >= 0.3 is 12.0 Å². The highest BCUT2D eigenvalue weighted by Crippen LogP contribution is 2.10. The molecule has 1 aromatic heterocycles. The number of aromatic carboxylic acids is 1. The fourth-order valence-electron chi connectivity index (χ4n) is 2.33. The zero-order valence-corrected chi connectivity index (χ0v) is 12.8. The molecular formula is C13H20N4O3S. The Labute approximate surface area is 127 Å². The minimum Gasteiger partial charge on any atom is -0.476 e. The largest absolute Gasteiger partial charge is 0.476 e. The van der Waals surface area contributed by atoms with Crippen LogP contribution in [0, 0.1) is 0 Å². The lowest BCUT2D eigenvalue weighted by atomic mass is 10.1. The minimum absolute atomic E-state index is 0.0599. The molecule has 0 spiro atoms. The standard InChI is InChI=1S/C13H20N4O3S/c1-17-6-2-3-9(7-17)15-13(20)14-5-4-11-16-10(8-21-11)12(18)19/h8-9H,2-7H2,1H3,(H,18,19)(H2,14,15,20). The second-order valence-corrected chi connectivity index (χ2v) is 6.13. The number of hydrogen-bond donors (Lipinski definition) is 3. The van der Waals surface area contributed by atoms with E-state index >= 15 is 0 Å². The van der Waals surface area contributed by atoms with Crippen molar-refractivity contribution >= 4 is 23.3 Å². The molecule has 21 heavy (non-hydrogen) atoms. The van der Waals surface area contributed by atoms with Gasteiger partial charge in [-0.05, 0) is 26.4 Å². The summed E-state index contributed by atoms with van der Waals surface area (Å²) in [6.07, 6.45) is 2.64. The van der Waals surface area contributed by atoms with E-state index in [1.54, 1.807) is 0 Å². The summed E-state index contributed by atoms with van der Waals surface area (Å²) < 4.78 is 0. The lowest BCUT2D eigenvalue weighted by Crippen LogP contribution is -2.49. The molecule has 1 fully saturated rings. The van der Waals surface area contributed by atoms with Crippen molar-refractivity contribution in [2.75, 3.05) is 26.7 Å². The number of likely N-dealkylation sites (tertiary alicyclic amines) is 1. The van der Waals surface area contributed by atoms with Crippen molar-refractivity contribution < 1.29 is 14.7 Å². The summed E-state index contributed by atoms with van der Waals surface area (Å²) in [6, 6.07) is 0.0209. The molecular weight excluding hydrogens is 292 g/mol. The molecule has 0 aromatic carbocycles. The average molecular weight is 312 g/mol. The third-order valence-corrected chi connectivity index (χ3v) is 4.26. The molecule has 1 atom stereocenters. The Morgan fingerprint density at radius 3 is 3.05 bits per heavy atom. The molecule has 8 heteroatoms. The SMILES string of the molecule is CN1CCCC(NC(=O)NCCc2nc(C(=O)O)cs2)C1. The van der Waals surface area contributed by atoms with E-state index in [9.17, 15) is 9.59 Å². The maximum atomic E-state index is 11.8. The second-order valence-electron chi connectivity index (χ2n) is 5.18. The number of rotatable bonds is 5. The fourth-order valence-corrected chi connectivity index (χ4v) is 3.10. The van der Waals surface area contributed by atoms with Crippen molar-refractivity contribution in [1.82, 2.24) is 20.5 Å². The van der Waals surface area contributed by atoms with Gasteiger partial charge in [-0.2, -0.15) is 0 Å². The van der Waals surface area contributed by atoms with Crippen molar-refractivity contribution in [2.24, 2.45) is 0 Å². The van der Waals surface area contributed by atoms with Gasteiger partial charge < -0.3 is 20.6 Å². The molecule has 116 valence electrons. The number of carbonyl (C=O) groups is 2. The van der Waals surface area contributed by atoms with Gasteiger partial charge in [0.1, 0.15) is 0 Å². The van der Waals surface area contributed by atoms with Gasteiger partial charge in [-0.15, -0.1) is 11.3 Å². The topological polar surface area (TPSA) is 94.6 Å². The predicted octanol–water partition coefficient (Wildman–Crippen LogP) is 0.777. The first-order valence-corrected chi connectivity index (χ1v) is 7.83. The number of thiazole rings is 1. The smallest absolute Gasteiger partial charge is 0.355 e. The lowest BCUT2D eigenvalue weighted by molar-refractivity contribution is 0.0691. The first-order chi connectivity index (χ1) is 10.0. The quantitative estimate of drug-likeness (QED) is 0.747. The summed E-state index contributed by atoms with van der Waals surface area (Å²) in [5.41, 5.74) is 0.0599. The van der Waals surface area contributed by atoms with Crippen molar-refractivity contribution in [1.29, 1.82) is 0 Å². The number of amides is 2. The van der Waals surface area contributed by atoms with E-state index < -0.39 is 5.97 Å². The number of hydrogen-bond acceptors (Lipinski definition) is 5. The van der Waals surface area contributed by atoms with Crippen molar-refractivity contribution in [3.63, 3.8) is 0 Å². The molecule has 0 radical (unpaired) electrons. The third kappa shape index (κ3) is 4.98. The molecule has 0 saturated carbocycles. The molecule has 1 aliphatic heterocycles. The predicted molar refractivity (Wildman–Crippen MR) is 79.8 cm³/mol. The molecule has 2 heterocycles. The summed E-state index contributed by atoms with van der Waals surface area (Å²) in [4.78, 5) is 28.7. The summed E-state index contributed by atoms with van der Waals surface area (Å²) in [5.74, 6) is -1.02. The first-order valence-electron chi connectivity index (χ1n) is 6.95. The van der Waals surface area contributed by atoms with Crippen LogP contribution in [0.3, 0.4) is 0 Å². The van der Waals surface area contributed by atoms with Crippen molar-refractivity contribution in [3.8, 4) is 0 Å². The van der Waals surface area contributed by atoms with Crippen LogP contribution < -0.4 is 10.6 Å². The molecule has 0 bridgehead atoms. The molecule has 1 saturated heterocycles. The molecule has 2 amide bonds. The minimum atomic E-state index is -1.02. The monoisotopic (exact) mass is 312 g/mol. The Kier molecular flexibility index (Phi) is 5.51. The molecule has 7 nitrogen and oxygen atoms in total. The maximum Gasteiger partial charge on any atom is 0.355 e. The van der Waals surface area contributed by atoms with Crippen LogP contribution in [0.4, 0.5) is 4.79 Å². The van der Waals surface area contributed by atoms with Crippen LogP contribution >= 0.6 is 11.3 Å². The molecule has 1 unspecified atom stereocenters. The lowest BCUT2D eigenvalue weighted by Gasteiger charge is -2.30. The van der Waals surface area contributed by atoms with Crippen LogP contribution in [0.2, 0.25) is 0 Å². The Morgan fingerprint density at radius 2 is 2.38 bits per heavy atom. The second kappa shape index (κ2) is 7.37. The molecule has 1 aromatic rings. The van der Waals surface area contributed by atoms with Crippen molar-refractivity contribution in [2.45, 2.75) is 25.3 Å². The Balaban J connectivity index is 1.67. The summed E-state index contributed by atoms with van der Waals surface area (Å²) in [6.45, 7) is 2.40. The van der Waals surface area contributed by atoms with Gasteiger partial charge in [0.15, 0.2) is 5.69 Å². The van der Waals surface area contributed by atoms with E-state index in [4.69, 9.17) is 5.11 Å². The summed E-state index contributed by atoms with van der Waals surface area (Å²) in [5, 5.41) is 16.7. The third-order valence-electron chi connectivity index (χ3n) is 3.35. The number of carbonyl (C=O) groups excluding carboxylic acids is 1. The van der Waals surface area contributed by atoms with Crippen molar-refractivity contribution in [3.05, 3.63) is 16.1 Å². The average Bonchev–Trinajstić information content (AvgIpc) is 2.87. The first kappa shape index (κ1) is 15.7. The number of urea groups is 1. The van der Waals surface area contributed by atoms with Gasteiger partial charge in [0.2, 0.25) is 0 Å². The van der Waals surface area contributed by atoms with Crippen LogP contribution in [0.5, 0.6) is 0 Å². The number of nitrogens with zero attached hydrogens (tertiary/aromatic N) is 2. The van der Waals surface area contributed by atoms with Gasteiger partial charge in [-0.3, -0.25) is 0 Å². The Hall–Kier alpha value is -1.67. The van der Waals surface area contributed by atoms with E-state index in [2.05, 4.69) is 20.5 Å². The highest BCUT2D eigenvalue weighted by atomic mass is 32.1. The maximum absolute atomic E-state index is 11.8. The number of likely N-dealkylation sites (N-methyl/N-ethyl adjacent to an activating group) is 1. The summed E-state index contributed by atoms with van der Waals surface area (Å²) >= 11 is 1.30. The Morgan fingerprint density at radius 1 is 1.57 bits per heavy atom. The zero-order valence-electron chi connectivity index (χ0n) is 12.0. The van der Waals surface area contributed by atoms with Gasteiger partial charge in [-0.1, -0.05) is 0 Å². The van der Waals surface area contributed by atoms with Crippen LogP contribution in [0.25, 0.3) is 0 Å². The van der Waals surface area contributed by atoms with Crippen LogP contribution in [0.15, 0.2) is 5.38 Å². The van der Waals surface area contributed by atoms with Gasteiger partial charge in [0.05, 0.1) is 5.01 Å². The number of nitrogens with one attached hydrogen (secondary N) is 2. The molecule has 0 aliphatic carbocycles. The van der Waals surface area contributed by atoms with E-state index in [-0.39, 0.29) is 17.8 Å². The van der Waals surface area contributed by atoms with Gasteiger partial charge in [0.25, 0.3) is 0 Å². The van der Waals surface area contributed by atoms with Crippen LogP contribution in [-0.2, 0) is 6.42 Å². The van der Waals surface area contributed by atoms with E-state index in [0.717, 1.165) is 25.9 Å². The van der Waals surface area contributed by atoms with Crippen LogP contribution in [-0.4, -0.2) is 59.7 Å².